The number of carbonyl (C=O) groups excluding carboxylic acids is 1. The lowest BCUT2D eigenvalue weighted by Crippen LogP contribution is -1.93. The van der Waals surface area contributed by atoms with Crippen molar-refractivity contribution in [2.75, 3.05) is 7.11 Å². The van der Waals surface area contributed by atoms with Gasteiger partial charge in [-0.05, 0) is 34.1 Å². The van der Waals surface area contributed by atoms with Gasteiger partial charge in [0.05, 0.1) is 7.11 Å². The van der Waals surface area contributed by atoms with Gasteiger partial charge < -0.3 is 4.74 Å². The average molecular weight is 277 g/mol. The van der Waals surface area contributed by atoms with Crippen LogP contribution in [0.2, 0.25) is 5.15 Å². The van der Waals surface area contributed by atoms with Gasteiger partial charge in [0.25, 0.3) is 0 Å². The summed E-state index contributed by atoms with van der Waals surface area (Å²) in [5.41, 5.74) is 0.667. The molecule has 3 nitrogen and oxygen atoms in total. The molecule has 1 heterocycles. The van der Waals surface area contributed by atoms with Gasteiger partial charge in [-0.25, -0.2) is 9.78 Å². The second kappa shape index (κ2) is 5.12. The number of hydrogen-bond acceptors (Lipinski definition) is 3. The average Bonchev–Trinajstić information content (AvgIpc) is 2.16. The van der Waals surface area contributed by atoms with Gasteiger partial charge in [-0.3, -0.25) is 0 Å². The van der Waals surface area contributed by atoms with Crippen molar-refractivity contribution in [3.05, 3.63) is 33.5 Å². The van der Waals surface area contributed by atoms with Crippen LogP contribution >= 0.6 is 27.5 Å². The summed E-state index contributed by atoms with van der Waals surface area (Å²) in [7, 11) is 1.31. The fourth-order valence-corrected chi connectivity index (χ4v) is 1.40. The molecular weight excluding hydrogens is 269 g/mol. The quantitative estimate of drug-likeness (QED) is 0.474. The van der Waals surface area contributed by atoms with Crippen molar-refractivity contribution in [3.8, 4) is 0 Å². The predicted octanol–water partition coefficient (Wildman–Crippen LogP) is 2.68. The molecule has 0 amide bonds. The fourth-order valence-electron chi connectivity index (χ4n) is 0.773. The molecule has 0 unspecified atom stereocenters. The Kier molecular flexibility index (Phi) is 4.10. The first kappa shape index (κ1) is 11.2. The van der Waals surface area contributed by atoms with Gasteiger partial charge in [0, 0.05) is 11.6 Å². The summed E-state index contributed by atoms with van der Waals surface area (Å²) in [4.78, 5) is 14.7. The Morgan fingerprint density at radius 2 is 2.36 bits per heavy atom. The Labute approximate surface area is 94.9 Å². The fraction of sp³-hybridized carbons (Fsp3) is 0.111. The second-order valence-corrected chi connectivity index (χ2v) is 3.54. The number of methoxy groups -OCH3 is 1. The number of halogens is 2. The highest BCUT2D eigenvalue weighted by Crippen LogP contribution is 2.18. The third-order valence-electron chi connectivity index (χ3n) is 1.44. The van der Waals surface area contributed by atoms with E-state index in [1.807, 2.05) is 0 Å². The van der Waals surface area contributed by atoms with Crippen LogP contribution in [-0.2, 0) is 9.53 Å². The van der Waals surface area contributed by atoms with Gasteiger partial charge in [0.1, 0.15) is 9.76 Å². The lowest BCUT2D eigenvalue weighted by molar-refractivity contribution is -0.134. The van der Waals surface area contributed by atoms with E-state index in [4.69, 9.17) is 11.6 Å². The molecule has 0 fully saturated rings. The number of hydrogen-bond donors (Lipinski definition) is 0. The molecule has 0 bridgehead atoms. The molecule has 0 saturated carbocycles. The van der Waals surface area contributed by atoms with Gasteiger partial charge in [-0.1, -0.05) is 11.6 Å². The molecule has 0 aliphatic heterocycles. The van der Waals surface area contributed by atoms with E-state index in [-0.39, 0.29) is 0 Å². The minimum absolute atomic E-state index is 0.333. The molecule has 0 aliphatic carbocycles. The number of nitrogens with zero attached hydrogens (tertiary/aromatic N) is 1. The summed E-state index contributed by atoms with van der Waals surface area (Å²) >= 11 is 8.99. The van der Waals surface area contributed by atoms with Crippen LogP contribution in [0.5, 0.6) is 0 Å². The Bertz CT molecular complexity index is 379. The van der Waals surface area contributed by atoms with Crippen LogP contribution in [0.4, 0.5) is 0 Å². The van der Waals surface area contributed by atoms with Crippen molar-refractivity contribution in [2.24, 2.45) is 0 Å². The minimum Gasteiger partial charge on any atom is -0.466 e. The van der Waals surface area contributed by atoms with Crippen LogP contribution in [0.3, 0.4) is 0 Å². The third-order valence-corrected chi connectivity index (χ3v) is 2.19. The van der Waals surface area contributed by atoms with E-state index in [1.165, 1.54) is 13.2 Å². The Hall–Kier alpha value is -0.870. The van der Waals surface area contributed by atoms with Gasteiger partial charge in [-0.2, -0.15) is 0 Å². The summed E-state index contributed by atoms with van der Waals surface area (Å²) in [5.74, 6) is -0.427. The number of pyridine rings is 1. The van der Waals surface area contributed by atoms with Crippen LogP contribution in [0.1, 0.15) is 5.56 Å². The third kappa shape index (κ3) is 3.12. The maximum Gasteiger partial charge on any atom is 0.330 e. The highest BCUT2D eigenvalue weighted by atomic mass is 79.9. The normalized spacial score (nSPS) is 10.5. The predicted molar refractivity (Wildman–Crippen MR) is 58.0 cm³/mol. The van der Waals surface area contributed by atoms with Crippen molar-refractivity contribution in [1.82, 2.24) is 4.98 Å². The monoisotopic (exact) mass is 275 g/mol. The zero-order valence-electron chi connectivity index (χ0n) is 7.33. The highest BCUT2D eigenvalue weighted by molar-refractivity contribution is 9.10. The first-order chi connectivity index (χ1) is 6.63. The Morgan fingerprint density at radius 3 is 2.93 bits per heavy atom. The van der Waals surface area contributed by atoms with E-state index < -0.39 is 5.97 Å². The molecule has 1 aromatic rings. The van der Waals surface area contributed by atoms with Crippen LogP contribution in [0, 0.1) is 0 Å². The number of carbonyl (C=O) groups is 1. The summed E-state index contributed by atoms with van der Waals surface area (Å²) in [5, 5.41) is 0.333. The van der Waals surface area contributed by atoms with E-state index in [1.54, 1.807) is 18.2 Å². The van der Waals surface area contributed by atoms with Gasteiger partial charge >= 0.3 is 5.97 Å². The second-order valence-electron chi connectivity index (χ2n) is 2.37. The molecule has 5 heteroatoms. The van der Waals surface area contributed by atoms with E-state index >= 15 is 0 Å². The molecule has 74 valence electrons. The largest absolute Gasteiger partial charge is 0.466 e. The molecule has 0 atom stereocenters. The van der Waals surface area contributed by atoms with E-state index in [2.05, 4.69) is 25.7 Å². The number of ether oxygens (including phenoxy) is 1. The zero-order valence-corrected chi connectivity index (χ0v) is 9.67. The van der Waals surface area contributed by atoms with Crippen molar-refractivity contribution < 1.29 is 9.53 Å². The summed E-state index contributed by atoms with van der Waals surface area (Å²) in [6.45, 7) is 0. The summed E-state index contributed by atoms with van der Waals surface area (Å²) < 4.78 is 5.09. The van der Waals surface area contributed by atoms with E-state index in [0.717, 1.165) is 0 Å². The molecule has 0 aromatic carbocycles. The molecule has 14 heavy (non-hydrogen) atoms. The first-order valence-electron chi connectivity index (χ1n) is 3.71. The van der Waals surface area contributed by atoms with Crippen molar-refractivity contribution in [3.63, 3.8) is 0 Å². The van der Waals surface area contributed by atoms with Crippen molar-refractivity contribution in [1.29, 1.82) is 0 Å². The topological polar surface area (TPSA) is 39.2 Å². The number of rotatable bonds is 2. The van der Waals surface area contributed by atoms with Gasteiger partial charge in [0.15, 0.2) is 0 Å². The van der Waals surface area contributed by atoms with E-state index in [9.17, 15) is 4.79 Å². The number of esters is 1. The molecule has 0 radical (unpaired) electrons. The van der Waals surface area contributed by atoms with Crippen LogP contribution in [0.25, 0.3) is 6.08 Å². The molecule has 0 spiro atoms. The summed E-state index contributed by atoms with van der Waals surface area (Å²) in [6.07, 6.45) is 2.84. The summed E-state index contributed by atoms with van der Waals surface area (Å²) in [6, 6.07) is 3.49. The Balaban J connectivity index is 2.87. The lowest BCUT2D eigenvalue weighted by Gasteiger charge is -1.97. The molecular formula is C9H7BrClNO2. The molecule has 0 aliphatic rings. The lowest BCUT2D eigenvalue weighted by atomic mass is 10.2. The maximum atomic E-state index is 10.8. The van der Waals surface area contributed by atoms with Crippen LogP contribution in [-0.4, -0.2) is 18.1 Å². The van der Waals surface area contributed by atoms with Gasteiger partial charge in [-0.15, -0.1) is 0 Å². The minimum atomic E-state index is -0.427. The maximum absolute atomic E-state index is 10.8. The standard InChI is InChI=1S/C9H7BrClNO2/c1-14-8(13)5-3-6-2-4-7(10)12-9(6)11/h2-5H,1H3. The molecule has 0 N–H and O–H groups in total. The van der Waals surface area contributed by atoms with Crippen LogP contribution < -0.4 is 0 Å². The SMILES string of the molecule is COC(=O)C=Cc1ccc(Br)nc1Cl. The highest BCUT2D eigenvalue weighted by Gasteiger charge is 1.99. The van der Waals surface area contributed by atoms with Crippen LogP contribution in [0.15, 0.2) is 22.8 Å². The smallest absolute Gasteiger partial charge is 0.330 e. The van der Waals surface area contributed by atoms with Gasteiger partial charge in [0.2, 0.25) is 0 Å². The molecule has 0 saturated heterocycles. The van der Waals surface area contributed by atoms with E-state index in [0.29, 0.717) is 15.3 Å². The zero-order chi connectivity index (χ0) is 10.6. The Morgan fingerprint density at radius 1 is 1.64 bits per heavy atom. The number of aromatic nitrogens is 1. The van der Waals surface area contributed by atoms with Crippen molar-refractivity contribution >= 4 is 39.6 Å². The van der Waals surface area contributed by atoms with Crippen molar-refractivity contribution in [2.45, 2.75) is 0 Å². The molecule has 1 aromatic heterocycles. The molecule has 1 rings (SSSR count). The first-order valence-corrected chi connectivity index (χ1v) is 4.88.